The molecule has 1 aliphatic rings. The van der Waals surface area contributed by atoms with E-state index in [1.165, 1.54) is 0 Å². The molecule has 0 saturated carbocycles. The van der Waals surface area contributed by atoms with Crippen LogP contribution < -0.4 is 0 Å². The highest BCUT2D eigenvalue weighted by atomic mass is 35.5. The van der Waals surface area contributed by atoms with Crippen LogP contribution in [0.5, 0.6) is 0 Å². The fourth-order valence-electron chi connectivity index (χ4n) is 3.01. The molecular weight excluding hydrogens is 358 g/mol. The number of ether oxygens (including phenoxy) is 1. The van der Waals surface area contributed by atoms with Crippen LogP contribution in [0.15, 0.2) is 18.3 Å². The van der Waals surface area contributed by atoms with Crippen molar-refractivity contribution in [3.63, 3.8) is 0 Å². The maximum absolute atomic E-state index is 12.2. The molecule has 0 radical (unpaired) electrons. The van der Waals surface area contributed by atoms with E-state index >= 15 is 0 Å². The molecule has 1 N–H and O–H groups in total. The molecule has 0 unspecified atom stereocenters. The van der Waals surface area contributed by atoms with Gasteiger partial charge >= 0.3 is 6.09 Å². The third-order valence-electron chi connectivity index (χ3n) is 4.25. The van der Waals surface area contributed by atoms with E-state index in [1.54, 1.807) is 11.1 Å². The van der Waals surface area contributed by atoms with E-state index in [4.69, 9.17) is 28.6 Å². The molecule has 0 atom stereocenters. The molecule has 5 nitrogen and oxygen atoms in total. The number of thiocarbonyl (C=S) groups is 1. The Balaban J connectivity index is 1.63. The van der Waals surface area contributed by atoms with Gasteiger partial charge in [-0.2, -0.15) is 0 Å². The van der Waals surface area contributed by atoms with Crippen LogP contribution in [0.4, 0.5) is 4.79 Å². The van der Waals surface area contributed by atoms with Crippen LogP contribution in [0.1, 0.15) is 39.3 Å². The average Bonchev–Trinajstić information content (AvgIpc) is 2.95. The molecule has 25 heavy (non-hydrogen) atoms. The molecule has 0 spiro atoms. The maximum Gasteiger partial charge on any atom is 0.410 e. The van der Waals surface area contributed by atoms with E-state index in [0.717, 1.165) is 34.3 Å². The minimum absolute atomic E-state index is 0.247. The Morgan fingerprint density at radius 3 is 2.68 bits per heavy atom. The molecule has 1 amide bonds. The van der Waals surface area contributed by atoms with Crippen molar-refractivity contribution < 1.29 is 9.53 Å². The fourth-order valence-corrected chi connectivity index (χ4v) is 3.52. The van der Waals surface area contributed by atoms with Crippen molar-refractivity contribution in [1.29, 1.82) is 0 Å². The highest BCUT2D eigenvalue weighted by molar-refractivity contribution is 7.80. The Bertz CT molecular complexity index is 804. The summed E-state index contributed by atoms with van der Waals surface area (Å²) in [7, 11) is 0. The first-order valence-corrected chi connectivity index (χ1v) is 9.18. The highest BCUT2D eigenvalue weighted by Crippen LogP contribution is 2.26. The van der Waals surface area contributed by atoms with Crippen molar-refractivity contribution in [2.45, 2.75) is 39.2 Å². The van der Waals surface area contributed by atoms with Gasteiger partial charge in [-0.15, -0.1) is 0 Å². The second kappa shape index (κ2) is 6.92. The molecule has 0 aliphatic carbocycles. The van der Waals surface area contributed by atoms with E-state index in [1.807, 2.05) is 32.9 Å². The van der Waals surface area contributed by atoms with Crippen molar-refractivity contribution in [3.05, 3.63) is 29.2 Å². The first-order valence-electron chi connectivity index (χ1n) is 8.39. The number of nitrogens with one attached hydrogen (secondary N) is 1. The zero-order chi connectivity index (χ0) is 18.2. The fraction of sp³-hybridized carbons (Fsp3) is 0.500. The van der Waals surface area contributed by atoms with E-state index < -0.39 is 5.60 Å². The number of likely N-dealkylation sites (tertiary alicyclic amines) is 1. The molecular formula is C18H22ClN3O2S. The van der Waals surface area contributed by atoms with Crippen LogP contribution in [0, 0.1) is 5.92 Å². The van der Waals surface area contributed by atoms with Gasteiger partial charge in [-0.1, -0.05) is 23.8 Å². The monoisotopic (exact) mass is 379 g/mol. The average molecular weight is 380 g/mol. The number of aromatic nitrogens is 2. The van der Waals surface area contributed by atoms with Crippen LogP contribution in [-0.2, 0) is 4.74 Å². The lowest BCUT2D eigenvalue weighted by atomic mass is 9.92. The van der Waals surface area contributed by atoms with E-state index in [2.05, 4.69) is 9.97 Å². The number of piperidine rings is 1. The summed E-state index contributed by atoms with van der Waals surface area (Å²) in [6.45, 7) is 6.96. The van der Waals surface area contributed by atoms with Crippen LogP contribution >= 0.6 is 23.8 Å². The van der Waals surface area contributed by atoms with Crippen molar-refractivity contribution >= 4 is 45.7 Å². The summed E-state index contributed by atoms with van der Waals surface area (Å²) in [5.41, 5.74) is 1.39. The van der Waals surface area contributed by atoms with Gasteiger partial charge in [-0.25, -0.2) is 9.78 Å². The van der Waals surface area contributed by atoms with Crippen LogP contribution in [0.25, 0.3) is 10.9 Å². The van der Waals surface area contributed by atoms with Crippen LogP contribution in [0.3, 0.4) is 0 Å². The maximum atomic E-state index is 12.2. The zero-order valence-corrected chi connectivity index (χ0v) is 16.2. The van der Waals surface area contributed by atoms with Gasteiger partial charge in [-0.3, -0.25) is 0 Å². The normalized spacial score (nSPS) is 16.2. The number of amides is 1. The van der Waals surface area contributed by atoms with E-state index in [-0.39, 0.29) is 12.0 Å². The Hall–Kier alpha value is -1.66. The quantitative estimate of drug-likeness (QED) is 0.471. The third-order valence-corrected chi connectivity index (χ3v) is 5.01. The number of hydrogen-bond acceptors (Lipinski definition) is 4. The van der Waals surface area contributed by atoms with Crippen LogP contribution in [0.2, 0.25) is 5.15 Å². The summed E-state index contributed by atoms with van der Waals surface area (Å²) in [4.78, 5) is 22.2. The van der Waals surface area contributed by atoms with Gasteiger partial charge in [0.1, 0.15) is 10.8 Å². The molecule has 1 aliphatic heterocycles. The molecule has 3 rings (SSSR count). The smallest absolute Gasteiger partial charge is 0.410 e. The Labute approximate surface area is 157 Å². The molecule has 1 fully saturated rings. The number of aromatic amines is 1. The first-order chi connectivity index (χ1) is 11.7. The molecule has 7 heteroatoms. The third kappa shape index (κ3) is 4.30. The standard InChI is InChI=1S/C18H22ClN3O2S/c1-18(2,3)24-17(23)22-6-4-11(5-7-22)16(25)13-8-12-9-15(19)20-10-14(12)21-13/h8-11,21H,4-7H2,1-3H3. The largest absolute Gasteiger partial charge is 0.444 e. The predicted molar refractivity (Wildman–Crippen MR) is 103 cm³/mol. The molecule has 0 bridgehead atoms. The summed E-state index contributed by atoms with van der Waals surface area (Å²) < 4.78 is 5.44. The van der Waals surface area contributed by atoms with Crippen molar-refractivity contribution in [1.82, 2.24) is 14.9 Å². The Morgan fingerprint density at radius 2 is 2.04 bits per heavy atom. The van der Waals surface area contributed by atoms with Crippen molar-refractivity contribution in [2.24, 2.45) is 5.92 Å². The lowest BCUT2D eigenvalue weighted by Gasteiger charge is -2.33. The SMILES string of the molecule is CC(C)(C)OC(=O)N1CCC(C(=S)c2cc3cc(Cl)ncc3[nH]2)CC1. The topological polar surface area (TPSA) is 58.2 Å². The zero-order valence-electron chi connectivity index (χ0n) is 14.6. The van der Waals surface area contributed by atoms with Crippen LogP contribution in [-0.4, -0.2) is 44.5 Å². The second-order valence-corrected chi connectivity index (χ2v) is 8.21. The summed E-state index contributed by atoms with van der Waals surface area (Å²) in [6.07, 6.45) is 3.15. The van der Waals surface area contributed by atoms with E-state index in [9.17, 15) is 4.79 Å². The number of carbonyl (C=O) groups excluding carboxylic acids is 1. The molecule has 3 heterocycles. The number of rotatable bonds is 2. The number of H-pyrrole nitrogens is 1. The molecule has 2 aromatic heterocycles. The Kier molecular flexibility index (Phi) is 5.02. The van der Waals surface area contributed by atoms with Gasteiger partial charge in [0.15, 0.2) is 0 Å². The number of carbonyl (C=O) groups is 1. The van der Waals surface area contributed by atoms with Crippen molar-refractivity contribution in [3.8, 4) is 0 Å². The lowest BCUT2D eigenvalue weighted by molar-refractivity contribution is 0.0202. The predicted octanol–water partition coefficient (Wildman–Crippen LogP) is 4.58. The molecule has 1 saturated heterocycles. The second-order valence-electron chi connectivity index (χ2n) is 7.38. The minimum atomic E-state index is -0.469. The minimum Gasteiger partial charge on any atom is -0.444 e. The van der Waals surface area contributed by atoms with Gasteiger partial charge < -0.3 is 14.6 Å². The molecule has 134 valence electrons. The highest BCUT2D eigenvalue weighted by Gasteiger charge is 2.29. The van der Waals surface area contributed by atoms with Crippen molar-refractivity contribution in [2.75, 3.05) is 13.1 Å². The van der Waals surface area contributed by atoms with Gasteiger partial charge in [-0.05, 0) is 51.7 Å². The number of fused-ring (bicyclic) bond motifs is 1. The van der Waals surface area contributed by atoms with E-state index in [0.29, 0.717) is 18.2 Å². The summed E-state index contributed by atoms with van der Waals surface area (Å²) in [5.74, 6) is 0.269. The molecule has 0 aromatic carbocycles. The van der Waals surface area contributed by atoms with Gasteiger partial charge in [0.25, 0.3) is 0 Å². The number of hydrogen-bond donors (Lipinski definition) is 1. The van der Waals surface area contributed by atoms with Gasteiger partial charge in [0.2, 0.25) is 0 Å². The summed E-state index contributed by atoms with van der Waals surface area (Å²) in [5, 5.41) is 1.47. The lowest BCUT2D eigenvalue weighted by Crippen LogP contribution is -2.42. The number of halogens is 1. The number of pyridine rings is 1. The first kappa shape index (κ1) is 18.1. The molecule has 2 aromatic rings. The van der Waals surface area contributed by atoms with Gasteiger partial charge in [0, 0.05) is 23.3 Å². The van der Waals surface area contributed by atoms with Gasteiger partial charge in [0.05, 0.1) is 17.4 Å². The Morgan fingerprint density at radius 1 is 1.36 bits per heavy atom. The number of nitrogens with zero attached hydrogens (tertiary/aromatic N) is 2. The summed E-state index contributed by atoms with van der Waals surface area (Å²) >= 11 is 11.6. The summed E-state index contributed by atoms with van der Waals surface area (Å²) in [6, 6.07) is 3.84.